The number of carbonyl (C=O) groups is 1. The lowest BCUT2D eigenvalue weighted by Crippen LogP contribution is -2.50. The van der Waals surface area contributed by atoms with Crippen molar-refractivity contribution in [1.29, 1.82) is 0 Å². The van der Waals surface area contributed by atoms with Crippen molar-refractivity contribution in [3.63, 3.8) is 0 Å². The highest BCUT2D eigenvalue weighted by Crippen LogP contribution is 2.22. The van der Waals surface area contributed by atoms with Gasteiger partial charge >= 0.3 is 0 Å². The first kappa shape index (κ1) is 21.3. The number of methoxy groups -OCH3 is 1. The molecule has 0 bridgehead atoms. The lowest BCUT2D eigenvalue weighted by molar-refractivity contribution is 0.0953. The third-order valence-electron chi connectivity index (χ3n) is 4.52. The third kappa shape index (κ3) is 5.34. The Morgan fingerprint density at radius 2 is 1.90 bits per heavy atom. The van der Waals surface area contributed by atoms with Crippen molar-refractivity contribution < 1.29 is 17.9 Å². The van der Waals surface area contributed by atoms with Crippen LogP contribution in [0.4, 0.5) is 5.95 Å². The van der Waals surface area contributed by atoms with Crippen molar-refractivity contribution in [3.8, 4) is 5.75 Å². The Morgan fingerprint density at radius 1 is 1.21 bits per heavy atom. The molecule has 1 aliphatic rings. The molecular weight excluding hydrogens is 418 g/mol. The molecule has 156 valence electrons. The van der Waals surface area contributed by atoms with Crippen LogP contribution in [0.25, 0.3) is 0 Å². The van der Waals surface area contributed by atoms with Crippen molar-refractivity contribution in [2.45, 2.75) is 0 Å². The van der Waals surface area contributed by atoms with Gasteiger partial charge in [-0.2, -0.15) is 4.31 Å². The molecule has 1 amide bonds. The van der Waals surface area contributed by atoms with Crippen molar-refractivity contribution in [2.75, 3.05) is 50.5 Å². The molecule has 0 unspecified atom stereocenters. The molecule has 1 aliphatic heterocycles. The van der Waals surface area contributed by atoms with Gasteiger partial charge in [-0.3, -0.25) is 4.79 Å². The second kappa shape index (κ2) is 9.38. The summed E-state index contributed by atoms with van der Waals surface area (Å²) < 4.78 is 31.8. The van der Waals surface area contributed by atoms with Crippen LogP contribution in [0.5, 0.6) is 5.75 Å². The first-order valence-electron chi connectivity index (χ1n) is 9.02. The smallest absolute Gasteiger partial charge is 0.255 e. The number of piperazine rings is 1. The van der Waals surface area contributed by atoms with Crippen molar-refractivity contribution in [3.05, 3.63) is 47.2 Å². The quantitative estimate of drug-likeness (QED) is 0.686. The molecule has 3 rings (SSSR count). The summed E-state index contributed by atoms with van der Waals surface area (Å²) in [5, 5.41) is 3.01. The van der Waals surface area contributed by atoms with Gasteiger partial charge in [-0.05, 0) is 24.3 Å². The number of aromatic nitrogens is 2. The van der Waals surface area contributed by atoms with Gasteiger partial charge in [0.05, 0.1) is 18.4 Å². The molecule has 9 nitrogen and oxygen atoms in total. The first-order valence-corrected chi connectivity index (χ1v) is 11.0. The van der Waals surface area contributed by atoms with Gasteiger partial charge in [0.25, 0.3) is 5.91 Å². The van der Waals surface area contributed by atoms with E-state index in [0.717, 1.165) is 0 Å². The molecule has 1 saturated heterocycles. The zero-order valence-corrected chi connectivity index (χ0v) is 17.5. The summed E-state index contributed by atoms with van der Waals surface area (Å²) in [6.45, 7) is 1.69. The standard InChI is InChI=1S/C18H22ClN5O4S/c1-28-16-4-3-14(19)13-15(16)17(25)20-7-12-29(26,27)24-10-8-23(9-11-24)18-21-5-2-6-22-18/h2-6,13H,7-12H2,1H3,(H,20,25). The van der Waals surface area contributed by atoms with Gasteiger partial charge in [0.1, 0.15) is 5.75 Å². The number of sulfonamides is 1. The molecule has 0 atom stereocenters. The van der Waals surface area contributed by atoms with Gasteiger partial charge < -0.3 is 15.0 Å². The third-order valence-corrected chi connectivity index (χ3v) is 6.63. The van der Waals surface area contributed by atoms with Crippen LogP contribution in [0, 0.1) is 0 Å². The summed E-state index contributed by atoms with van der Waals surface area (Å²) in [5.74, 6) is 0.329. The number of rotatable bonds is 7. The molecule has 29 heavy (non-hydrogen) atoms. The monoisotopic (exact) mass is 439 g/mol. The Morgan fingerprint density at radius 3 is 2.55 bits per heavy atom. The summed E-state index contributed by atoms with van der Waals surface area (Å²) in [5.41, 5.74) is 0.258. The number of hydrogen-bond acceptors (Lipinski definition) is 7. The molecule has 2 heterocycles. The molecule has 1 fully saturated rings. The SMILES string of the molecule is COc1ccc(Cl)cc1C(=O)NCCS(=O)(=O)N1CCN(c2ncccn2)CC1. The Kier molecular flexibility index (Phi) is 6.88. The average Bonchev–Trinajstić information content (AvgIpc) is 2.74. The molecule has 0 aliphatic carbocycles. The predicted molar refractivity (Wildman–Crippen MR) is 110 cm³/mol. The average molecular weight is 440 g/mol. The summed E-state index contributed by atoms with van der Waals surface area (Å²) in [6, 6.07) is 6.41. The van der Waals surface area contributed by atoms with E-state index in [-0.39, 0.29) is 17.9 Å². The number of benzene rings is 1. The van der Waals surface area contributed by atoms with Crippen molar-refractivity contribution in [2.24, 2.45) is 0 Å². The van der Waals surface area contributed by atoms with E-state index in [2.05, 4.69) is 15.3 Å². The van der Waals surface area contributed by atoms with Gasteiger partial charge in [-0.25, -0.2) is 18.4 Å². The van der Waals surface area contributed by atoms with Crippen molar-refractivity contribution in [1.82, 2.24) is 19.6 Å². The molecular formula is C18H22ClN5O4S. The van der Waals surface area contributed by atoms with Gasteiger partial charge in [0, 0.05) is 50.1 Å². The molecule has 0 saturated carbocycles. The summed E-state index contributed by atoms with van der Waals surface area (Å²) >= 11 is 5.93. The van der Waals surface area contributed by atoms with Crippen LogP contribution < -0.4 is 15.0 Å². The first-order chi connectivity index (χ1) is 13.9. The maximum atomic E-state index is 12.6. The zero-order chi connectivity index (χ0) is 20.9. The van der Waals surface area contributed by atoms with Gasteiger partial charge in [0.15, 0.2) is 0 Å². The lowest BCUT2D eigenvalue weighted by atomic mass is 10.2. The van der Waals surface area contributed by atoms with E-state index in [9.17, 15) is 13.2 Å². The van der Waals surface area contributed by atoms with Crippen LogP contribution in [-0.4, -0.2) is 74.2 Å². The topological polar surface area (TPSA) is 105 Å². The Balaban J connectivity index is 1.52. The van der Waals surface area contributed by atoms with E-state index in [1.807, 2.05) is 4.90 Å². The van der Waals surface area contributed by atoms with Crippen LogP contribution in [-0.2, 0) is 10.0 Å². The normalized spacial score (nSPS) is 15.2. The minimum atomic E-state index is -3.50. The fourth-order valence-electron chi connectivity index (χ4n) is 3.00. The van der Waals surface area contributed by atoms with E-state index >= 15 is 0 Å². The number of ether oxygens (including phenoxy) is 1. The maximum Gasteiger partial charge on any atom is 0.255 e. The fraction of sp³-hybridized carbons (Fsp3) is 0.389. The van der Waals surface area contributed by atoms with E-state index in [1.165, 1.54) is 17.5 Å². The lowest BCUT2D eigenvalue weighted by Gasteiger charge is -2.33. The highest BCUT2D eigenvalue weighted by molar-refractivity contribution is 7.89. The number of halogens is 1. The summed E-state index contributed by atoms with van der Waals surface area (Å²) in [6.07, 6.45) is 3.31. The van der Waals surface area contributed by atoms with Crippen LogP contribution in [0.2, 0.25) is 5.02 Å². The van der Waals surface area contributed by atoms with E-state index in [0.29, 0.717) is 42.9 Å². The van der Waals surface area contributed by atoms with Crippen molar-refractivity contribution >= 4 is 33.5 Å². The molecule has 1 N–H and O–H groups in total. The van der Waals surface area contributed by atoms with Crippen LogP contribution in [0.3, 0.4) is 0 Å². The Labute approximate surface area is 174 Å². The number of carbonyl (C=O) groups excluding carboxylic acids is 1. The second-order valence-electron chi connectivity index (χ2n) is 6.35. The van der Waals surface area contributed by atoms with Gasteiger partial charge in [-0.1, -0.05) is 11.6 Å². The van der Waals surface area contributed by atoms with Gasteiger partial charge in [-0.15, -0.1) is 0 Å². The second-order valence-corrected chi connectivity index (χ2v) is 8.88. The van der Waals surface area contributed by atoms with E-state index in [4.69, 9.17) is 16.3 Å². The van der Waals surface area contributed by atoms with Crippen LogP contribution in [0.15, 0.2) is 36.7 Å². The van der Waals surface area contributed by atoms with E-state index in [1.54, 1.807) is 30.6 Å². The molecule has 0 spiro atoms. The number of hydrogen-bond donors (Lipinski definition) is 1. The minimum Gasteiger partial charge on any atom is -0.496 e. The van der Waals surface area contributed by atoms with Crippen LogP contribution >= 0.6 is 11.6 Å². The molecule has 2 aromatic rings. The largest absolute Gasteiger partial charge is 0.496 e. The highest BCUT2D eigenvalue weighted by atomic mass is 35.5. The zero-order valence-electron chi connectivity index (χ0n) is 15.9. The fourth-order valence-corrected chi connectivity index (χ4v) is 4.51. The Hall–Kier alpha value is -2.43. The predicted octanol–water partition coefficient (Wildman–Crippen LogP) is 1.02. The highest BCUT2D eigenvalue weighted by Gasteiger charge is 2.27. The molecule has 1 aromatic carbocycles. The van der Waals surface area contributed by atoms with Gasteiger partial charge in [0.2, 0.25) is 16.0 Å². The minimum absolute atomic E-state index is 0.0150. The number of anilines is 1. The van der Waals surface area contributed by atoms with E-state index < -0.39 is 15.9 Å². The number of nitrogens with zero attached hydrogens (tertiary/aromatic N) is 4. The molecule has 1 aromatic heterocycles. The Bertz CT molecular complexity index is 950. The molecule has 11 heteroatoms. The summed E-state index contributed by atoms with van der Waals surface area (Å²) in [4.78, 5) is 22.7. The number of nitrogens with one attached hydrogen (secondary N) is 1. The maximum absolute atomic E-state index is 12.6. The molecule has 0 radical (unpaired) electrons. The summed E-state index contributed by atoms with van der Waals surface area (Å²) in [7, 11) is -2.05. The van der Waals surface area contributed by atoms with Crippen LogP contribution in [0.1, 0.15) is 10.4 Å². The number of amides is 1.